The number of ether oxygens (including phenoxy) is 2. The van der Waals surface area contributed by atoms with E-state index >= 15 is 0 Å². The van der Waals surface area contributed by atoms with Gasteiger partial charge in [0.25, 0.3) is 0 Å². The van der Waals surface area contributed by atoms with Crippen molar-refractivity contribution in [1.82, 2.24) is 10.2 Å². The zero-order chi connectivity index (χ0) is 25.2. The Morgan fingerprint density at radius 3 is 2.32 bits per heavy atom. The summed E-state index contributed by atoms with van der Waals surface area (Å²) in [6, 6.07) is 20.8. The van der Waals surface area contributed by atoms with Gasteiger partial charge in [-0.1, -0.05) is 30.3 Å². The summed E-state index contributed by atoms with van der Waals surface area (Å²) in [7, 11) is 0. The van der Waals surface area contributed by atoms with Crippen molar-refractivity contribution in [2.24, 2.45) is 17.8 Å². The van der Waals surface area contributed by atoms with Crippen molar-refractivity contribution in [3.63, 3.8) is 0 Å². The van der Waals surface area contributed by atoms with Gasteiger partial charge in [-0.3, -0.25) is 0 Å². The summed E-state index contributed by atoms with van der Waals surface area (Å²) in [6.45, 7) is 2.71. The maximum absolute atomic E-state index is 11.6. The number of rotatable bonds is 8. The van der Waals surface area contributed by atoms with E-state index in [-0.39, 0.29) is 11.4 Å². The molecule has 0 spiro atoms. The maximum atomic E-state index is 11.6. The molecule has 0 radical (unpaired) electrons. The lowest BCUT2D eigenvalue weighted by atomic mass is 9.48. The Labute approximate surface area is 218 Å². The summed E-state index contributed by atoms with van der Waals surface area (Å²) in [4.78, 5) is 11.6. The van der Waals surface area contributed by atoms with Crippen LogP contribution in [0.15, 0.2) is 66.7 Å². The molecule has 0 saturated heterocycles. The molecule has 0 N–H and O–H groups in total. The summed E-state index contributed by atoms with van der Waals surface area (Å²) in [5.41, 5.74) is 5.25. The van der Waals surface area contributed by atoms with Crippen LogP contribution in [-0.4, -0.2) is 22.8 Å². The SMILES string of the molecule is CCOC(=O)C=Cc1ccc(-c2ccc(OCc3ccccc3)c(C34CC5CC(CC(C5)C3)C4)c2)nn1. The Kier molecular flexibility index (Phi) is 6.54. The average Bonchev–Trinajstić information content (AvgIpc) is 2.91. The fourth-order valence-electron chi connectivity index (χ4n) is 7.33. The Morgan fingerprint density at radius 1 is 0.946 bits per heavy atom. The van der Waals surface area contributed by atoms with Crippen LogP contribution in [0.3, 0.4) is 0 Å². The highest BCUT2D eigenvalue weighted by Crippen LogP contribution is 2.62. The van der Waals surface area contributed by atoms with E-state index in [2.05, 4.69) is 52.7 Å². The van der Waals surface area contributed by atoms with E-state index in [0.717, 1.165) is 34.8 Å². The maximum Gasteiger partial charge on any atom is 0.330 e. The van der Waals surface area contributed by atoms with E-state index in [1.165, 1.54) is 55.7 Å². The first-order chi connectivity index (χ1) is 18.1. The summed E-state index contributed by atoms with van der Waals surface area (Å²) in [5, 5.41) is 8.82. The molecule has 1 aromatic heterocycles. The summed E-state index contributed by atoms with van der Waals surface area (Å²) >= 11 is 0. The van der Waals surface area contributed by atoms with E-state index in [9.17, 15) is 4.79 Å². The van der Waals surface area contributed by atoms with Gasteiger partial charge in [-0.2, -0.15) is 5.10 Å². The first-order valence-electron chi connectivity index (χ1n) is 13.6. The van der Waals surface area contributed by atoms with E-state index in [1.807, 2.05) is 18.2 Å². The van der Waals surface area contributed by atoms with Gasteiger partial charge in [0.05, 0.1) is 18.0 Å². The number of nitrogens with zero attached hydrogens (tertiary/aromatic N) is 2. The lowest BCUT2D eigenvalue weighted by Gasteiger charge is -2.57. The number of aromatic nitrogens is 2. The van der Waals surface area contributed by atoms with Crippen molar-refractivity contribution in [2.75, 3.05) is 6.61 Å². The molecule has 4 fully saturated rings. The Balaban J connectivity index is 1.31. The predicted octanol–water partition coefficient (Wildman–Crippen LogP) is 6.77. The molecule has 0 amide bonds. The third-order valence-corrected chi connectivity index (χ3v) is 8.48. The van der Waals surface area contributed by atoms with Gasteiger partial charge >= 0.3 is 5.97 Å². The van der Waals surface area contributed by atoms with Crippen molar-refractivity contribution >= 4 is 12.0 Å². The minimum absolute atomic E-state index is 0.201. The van der Waals surface area contributed by atoms with Gasteiger partial charge < -0.3 is 9.47 Å². The summed E-state index contributed by atoms with van der Waals surface area (Å²) in [5.74, 6) is 3.18. The van der Waals surface area contributed by atoms with Crippen LogP contribution < -0.4 is 4.74 Å². The average molecular weight is 495 g/mol. The van der Waals surface area contributed by atoms with Gasteiger partial charge in [0.15, 0.2) is 0 Å². The number of hydrogen-bond acceptors (Lipinski definition) is 5. The third kappa shape index (κ3) is 5.04. The van der Waals surface area contributed by atoms with Gasteiger partial charge in [0.1, 0.15) is 12.4 Å². The Hall–Kier alpha value is -3.47. The number of benzene rings is 2. The fraction of sp³-hybridized carbons (Fsp3) is 0.406. The van der Waals surface area contributed by atoms with Crippen LogP contribution in [0.5, 0.6) is 5.75 Å². The van der Waals surface area contributed by atoms with Crippen molar-refractivity contribution in [3.05, 3.63) is 83.6 Å². The molecular weight excluding hydrogens is 460 g/mol. The van der Waals surface area contributed by atoms with E-state index in [0.29, 0.717) is 18.9 Å². The van der Waals surface area contributed by atoms with E-state index in [4.69, 9.17) is 9.47 Å². The summed E-state index contributed by atoms with van der Waals surface area (Å²) in [6.07, 6.45) is 11.1. The zero-order valence-corrected chi connectivity index (χ0v) is 21.4. The Morgan fingerprint density at radius 2 is 1.68 bits per heavy atom. The lowest BCUT2D eigenvalue weighted by molar-refractivity contribution is -0.137. The number of carbonyl (C=O) groups excluding carboxylic acids is 1. The van der Waals surface area contributed by atoms with E-state index < -0.39 is 0 Å². The molecule has 4 aliphatic carbocycles. The van der Waals surface area contributed by atoms with Crippen LogP contribution in [0.2, 0.25) is 0 Å². The minimum Gasteiger partial charge on any atom is -0.489 e. The molecule has 37 heavy (non-hydrogen) atoms. The van der Waals surface area contributed by atoms with Crippen LogP contribution >= 0.6 is 0 Å². The molecule has 2 aromatic carbocycles. The second-order valence-electron chi connectivity index (χ2n) is 11.1. The lowest BCUT2D eigenvalue weighted by Crippen LogP contribution is -2.48. The van der Waals surface area contributed by atoms with Gasteiger partial charge in [-0.15, -0.1) is 5.10 Å². The minimum atomic E-state index is -0.375. The second-order valence-corrected chi connectivity index (χ2v) is 11.1. The van der Waals surface area contributed by atoms with Crippen LogP contribution in [0, 0.1) is 17.8 Å². The quantitative estimate of drug-likeness (QED) is 0.256. The molecular formula is C32H34N2O3. The highest BCUT2D eigenvalue weighted by atomic mass is 16.5. The molecule has 0 aliphatic heterocycles. The van der Waals surface area contributed by atoms with Crippen LogP contribution in [0.1, 0.15) is 62.3 Å². The largest absolute Gasteiger partial charge is 0.489 e. The van der Waals surface area contributed by atoms with Crippen molar-refractivity contribution < 1.29 is 14.3 Å². The molecule has 7 rings (SSSR count). The third-order valence-electron chi connectivity index (χ3n) is 8.48. The van der Waals surface area contributed by atoms with Crippen LogP contribution in [0.25, 0.3) is 17.3 Å². The van der Waals surface area contributed by atoms with Gasteiger partial charge in [-0.05, 0) is 111 Å². The molecule has 190 valence electrons. The molecule has 3 aromatic rings. The van der Waals surface area contributed by atoms with E-state index in [1.54, 1.807) is 13.0 Å². The highest BCUT2D eigenvalue weighted by Gasteiger charge is 2.52. The molecule has 1 heterocycles. The standard InChI is InChI=1S/C32H34N2O3/c1-2-36-31(35)13-10-27-9-11-29(34-33-27)26-8-12-30(37-21-22-6-4-3-5-7-22)28(17-26)32-18-23-14-24(19-32)16-25(15-23)20-32/h3-13,17,23-25H,2,14-16,18-21H2,1H3. The molecule has 5 nitrogen and oxygen atoms in total. The number of hydrogen-bond donors (Lipinski definition) is 0. The summed E-state index contributed by atoms with van der Waals surface area (Å²) < 4.78 is 11.5. The van der Waals surface area contributed by atoms with Gasteiger partial charge in [-0.25, -0.2) is 4.79 Å². The van der Waals surface area contributed by atoms with Gasteiger partial charge in [0.2, 0.25) is 0 Å². The smallest absolute Gasteiger partial charge is 0.330 e. The monoisotopic (exact) mass is 494 g/mol. The predicted molar refractivity (Wildman–Crippen MR) is 144 cm³/mol. The first kappa shape index (κ1) is 23.9. The molecule has 4 saturated carbocycles. The molecule has 4 aliphatic rings. The highest BCUT2D eigenvalue weighted by molar-refractivity contribution is 5.86. The van der Waals surface area contributed by atoms with Crippen LogP contribution in [0.4, 0.5) is 0 Å². The van der Waals surface area contributed by atoms with Gasteiger partial charge in [0, 0.05) is 17.2 Å². The first-order valence-corrected chi connectivity index (χ1v) is 13.6. The molecule has 5 heteroatoms. The second kappa shape index (κ2) is 10.1. The molecule has 4 bridgehead atoms. The number of esters is 1. The zero-order valence-electron chi connectivity index (χ0n) is 21.4. The van der Waals surface area contributed by atoms with Crippen molar-refractivity contribution in [2.45, 2.75) is 57.5 Å². The molecule has 0 atom stereocenters. The van der Waals surface area contributed by atoms with Crippen molar-refractivity contribution in [1.29, 1.82) is 0 Å². The normalized spacial score (nSPS) is 25.9. The topological polar surface area (TPSA) is 61.3 Å². The Bertz CT molecular complexity index is 1250. The van der Waals surface area contributed by atoms with Crippen LogP contribution in [-0.2, 0) is 21.6 Å². The number of carbonyl (C=O) groups is 1. The van der Waals surface area contributed by atoms with Crippen molar-refractivity contribution in [3.8, 4) is 17.0 Å². The fourth-order valence-corrected chi connectivity index (χ4v) is 7.33. The molecule has 0 unspecified atom stereocenters.